The van der Waals surface area contributed by atoms with E-state index in [1.807, 2.05) is 5.32 Å². The lowest BCUT2D eigenvalue weighted by Gasteiger charge is -2.10. The van der Waals surface area contributed by atoms with Crippen molar-refractivity contribution < 1.29 is 22.4 Å². The van der Waals surface area contributed by atoms with Crippen LogP contribution in [0.1, 0.15) is 5.56 Å². The van der Waals surface area contributed by atoms with Gasteiger partial charge >= 0.3 is 6.18 Å². The van der Waals surface area contributed by atoms with Crippen LogP contribution in [-0.4, -0.2) is 20.7 Å². The zero-order chi connectivity index (χ0) is 15.6. The molecule has 0 aliphatic rings. The number of hydrogen-bond acceptors (Lipinski definition) is 4. The number of benzene rings is 1. The lowest BCUT2D eigenvalue weighted by molar-refractivity contribution is -0.137. The van der Waals surface area contributed by atoms with E-state index in [9.17, 15) is 22.4 Å². The number of nitrogens with two attached hydrogens (primary N) is 1. The van der Waals surface area contributed by atoms with Crippen LogP contribution in [0.3, 0.4) is 0 Å². The van der Waals surface area contributed by atoms with Crippen LogP contribution in [0.5, 0.6) is 0 Å². The molecule has 0 radical (unpaired) electrons. The molecule has 0 atom stereocenters. The van der Waals surface area contributed by atoms with Gasteiger partial charge in [-0.25, -0.2) is 14.1 Å². The van der Waals surface area contributed by atoms with Gasteiger partial charge in [-0.1, -0.05) is 0 Å². The third kappa shape index (κ3) is 3.68. The maximum atomic E-state index is 13.4. The molecule has 0 spiro atoms. The monoisotopic (exact) mass is 303 g/mol. The average Bonchev–Trinajstić information content (AvgIpc) is 2.76. The molecule has 0 bridgehead atoms. The summed E-state index contributed by atoms with van der Waals surface area (Å²) in [5.41, 5.74) is 3.61. The van der Waals surface area contributed by atoms with Gasteiger partial charge in [0, 0.05) is 0 Å². The van der Waals surface area contributed by atoms with Crippen molar-refractivity contribution in [2.24, 2.45) is 0 Å². The Balaban J connectivity index is 2.13. The van der Waals surface area contributed by atoms with Crippen molar-refractivity contribution in [2.45, 2.75) is 12.7 Å². The van der Waals surface area contributed by atoms with Crippen LogP contribution in [-0.2, 0) is 17.5 Å². The maximum absolute atomic E-state index is 13.4. The Bertz CT molecular complexity index is 667. The molecule has 21 heavy (non-hydrogen) atoms. The quantitative estimate of drug-likeness (QED) is 0.844. The number of carbonyl (C=O) groups is 1. The Hall–Kier alpha value is -2.65. The molecule has 112 valence electrons. The second kappa shape index (κ2) is 5.38. The van der Waals surface area contributed by atoms with E-state index >= 15 is 0 Å². The van der Waals surface area contributed by atoms with E-state index in [1.165, 1.54) is 0 Å². The molecule has 0 saturated carbocycles. The summed E-state index contributed by atoms with van der Waals surface area (Å²) in [4.78, 5) is 15.2. The summed E-state index contributed by atoms with van der Waals surface area (Å²) < 4.78 is 52.0. The number of rotatable bonds is 3. The minimum absolute atomic E-state index is 0.0620. The highest BCUT2D eigenvalue weighted by molar-refractivity contribution is 5.90. The molecule has 0 fully saturated rings. The standard InChI is InChI=1S/C11H9F4N5O/c12-7-2-1-6(11(13,14)15)3-8(7)18-9(21)4-20-5-17-10(16)19-20/h1-3,5H,4H2,(H2,16,19)(H,18,21). The lowest BCUT2D eigenvalue weighted by atomic mass is 10.2. The minimum atomic E-state index is -4.63. The van der Waals surface area contributed by atoms with Gasteiger partial charge < -0.3 is 11.1 Å². The van der Waals surface area contributed by atoms with E-state index < -0.39 is 29.2 Å². The Morgan fingerprint density at radius 1 is 1.38 bits per heavy atom. The first-order valence-corrected chi connectivity index (χ1v) is 5.57. The Morgan fingerprint density at radius 3 is 2.67 bits per heavy atom. The predicted molar refractivity (Wildman–Crippen MR) is 64.5 cm³/mol. The molecule has 0 aliphatic carbocycles. The topological polar surface area (TPSA) is 85.8 Å². The summed E-state index contributed by atoms with van der Waals surface area (Å²) in [6.45, 7) is -0.361. The summed E-state index contributed by atoms with van der Waals surface area (Å²) in [5.74, 6) is -1.80. The van der Waals surface area contributed by atoms with Gasteiger partial charge in [-0.05, 0) is 18.2 Å². The fraction of sp³-hybridized carbons (Fsp3) is 0.182. The van der Waals surface area contributed by atoms with E-state index in [0.717, 1.165) is 11.0 Å². The molecule has 1 aromatic carbocycles. The Morgan fingerprint density at radius 2 is 2.10 bits per heavy atom. The van der Waals surface area contributed by atoms with E-state index in [4.69, 9.17) is 5.73 Å². The highest BCUT2D eigenvalue weighted by Gasteiger charge is 2.31. The van der Waals surface area contributed by atoms with Crippen molar-refractivity contribution >= 4 is 17.5 Å². The molecule has 2 rings (SSSR count). The fourth-order valence-corrected chi connectivity index (χ4v) is 1.52. The second-order valence-corrected chi connectivity index (χ2v) is 4.04. The van der Waals surface area contributed by atoms with Gasteiger partial charge in [0.15, 0.2) is 0 Å². The van der Waals surface area contributed by atoms with Crippen molar-refractivity contribution in [3.05, 3.63) is 35.9 Å². The number of halogens is 4. The number of aromatic nitrogens is 3. The molecule has 0 unspecified atom stereocenters. The first kappa shape index (κ1) is 14.8. The maximum Gasteiger partial charge on any atom is 0.416 e. The van der Waals surface area contributed by atoms with Crippen LogP contribution in [0, 0.1) is 5.82 Å². The van der Waals surface area contributed by atoms with Crippen LogP contribution < -0.4 is 11.1 Å². The zero-order valence-corrected chi connectivity index (χ0v) is 10.4. The summed E-state index contributed by atoms with van der Waals surface area (Å²) >= 11 is 0. The molecule has 1 amide bonds. The molecule has 1 heterocycles. The van der Waals surface area contributed by atoms with Crippen molar-refractivity contribution in [1.82, 2.24) is 14.8 Å². The van der Waals surface area contributed by atoms with Gasteiger partial charge in [-0.3, -0.25) is 4.79 Å². The number of alkyl halides is 3. The van der Waals surface area contributed by atoms with Crippen LogP contribution in [0.2, 0.25) is 0 Å². The van der Waals surface area contributed by atoms with Gasteiger partial charge in [0.2, 0.25) is 11.9 Å². The van der Waals surface area contributed by atoms with Crippen LogP contribution >= 0.6 is 0 Å². The first-order chi connectivity index (χ1) is 9.75. The molecule has 0 aliphatic heterocycles. The van der Waals surface area contributed by atoms with Crippen molar-refractivity contribution in [2.75, 3.05) is 11.1 Å². The molecular weight excluding hydrogens is 294 g/mol. The third-order valence-corrected chi connectivity index (χ3v) is 2.43. The number of nitrogen functional groups attached to an aromatic ring is 1. The SMILES string of the molecule is Nc1ncn(CC(=O)Nc2cc(C(F)(F)F)ccc2F)n1. The molecule has 3 N–H and O–H groups in total. The Kier molecular flexibility index (Phi) is 3.78. The highest BCUT2D eigenvalue weighted by Crippen LogP contribution is 2.31. The second-order valence-electron chi connectivity index (χ2n) is 4.04. The summed E-state index contributed by atoms with van der Waals surface area (Å²) in [6.07, 6.45) is -3.47. The van der Waals surface area contributed by atoms with Gasteiger partial charge in [0.05, 0.1) is 11.3 Å². The van der Waals surface area contributed by atoms with Crippen molar-refractivity contribution in [3.8, 4) is 0 Å². The number of anilines is 2. The van der Waals surface area contributed by atoms with E-state index in [1.54, 1.807) is 0 Å². The van der Waals surface area contributed by atoms with Gasteiger partial charge in [-0.2, -0.15) is 13.2 Å². The lowest BCUT2D eigenvalue weighted by Crippen LogP contribution is -2.20. The van der Waals surface area contributed by atoms with Gasteiger partial charge in [0.25, 0.3) is 0 Å². The molecule has 6 nitrogen and oxygen atoms in total. The van der Waals surface area contributed by atoms with Crippen LogP contribution in [0.4, 0.5) is 29.2 Å². The number of amides is 1. The fourth-order valence-electron chi connectivity index (χ4n) is 1.52. The van der Waals surface area contributed by atoms with E-state index in [-0.39, 0.29) is 12.5 Å². The number of nitrogens with zero attached hydrogens (tertiary/aromatic N) is 3. The van der Waals surface area contributed by atoms with E-state index in [0.29, 0.717) is 18.2 Å². The van der Waals surface area contributed by atoms with Crippen molar-refractivity contribution in [1.29, 1.82) is 0 Å². The minimum Gasteiger partial charge on any atom is -0.367 e. The third-order valence-electron chi connectivity index (χ3n) is 2.43. The zero-order valence-electron chi connectivity index (χ0n) is 10.4. The number of hydrogen-bond donors (Lipinski definition) is 2. The normalized spacial score (nSPS) is 11.4. The van der Waals surface area contributed by atoms with Gasteiger partial charge in [0.1, 0.15) is 18.7 Å². The molecule has 1 aromatic heterocycles. The van der Waals surface area contributed by atoms with E-state index in [2.05, 4.69) is 10.1 Å². The average molecular weight is 303 g/mol. The highest BCUT2D eigenvalue weighted by atomic mass is 19.4. The largest absolute Gasteiger partial charge is 0.416 e. The smallest absolute Gasteiger partial charge is 0.367 e. The van der Waals surface area contributed by atoms with Crippen molar-refractivity contribution in [3.63, 3.8) is 0 Å². The van der Waals surface area contributed by atoms with Crippen LogP contribution in [0.25, 0.3) is 0 Å². The van der Waals surface area contributed by atoms with Crippen LogP contribution in [0.15, 0.2) is 24.5 Å². The Labute approximate surface area is 115 Å². The molecule has 2 aromatic rings. The first-order valence-electron chi connectivity index (χ1n) is 5.57. The predicted octanol–water partition coefficient (Wildman–Crippen LogP) is 1.66. The summed E-state index contributed by atoms with van der Waals surface area (Å²) in [5, 5.41) is 5.66. The summed E-state index contributed by atoms with van der Waals surface area (Å²) in [6, 6.07) is 1.73. The molecule has 10 heteroatoms. The van der Waals surface area contributed by atoms with Gasteiger partial charge in [-0.15, -0.1) is 5.10 Å². The molecule has 0 saturated heterocycles. The molecular formula is C11H9F4N5O. The number of nitrogens with one attached hydrogen (secondary N) is 1. The number of carbonyl (C=O) groups excluding carboxylic acids is 1. The summed E-state index contributed by atoms with van der Waals surface area (Å²) in [7, 11) is 0.